The number of hydrogen-bond acceptors (Lipinski definition) is 5. The molecule has 0 aromatic heterocycles. The average Bonchev–Trinajstić information content (AvgIpc) is 3.14. The van der Waals surface area contributed by atoms with Gasteiger partial charge in [0.1, 0.15) is 0 Å². The molecule has 1 aliphatic heterocycles. The highest BCUT2D eigenvalue weighted by Gasteiger charge is 2.24. The highest BCUT2D eigenvalue weighted by Crippen LogP contribution is 2.20. The Balaban J connectivity index is 1.62. The largest absolute Gasteiger partial charge is 0.336 e. The Hall–Kier alpha value is -3.24. The van der Waals surface area contributed by atoms with Crippen molar-refractivity contribution in [2.45, 2.75) is 11.8 Å². The first-order chi connectivity index (χ1) is 14.2. The molecule has 0 atom stereocenters. The van der Waals surface area contributed by atoms with E-state index in [0.717, 1.165) is 4.31 Å². The smallest absolute Gasteiger partial charge is 0.321 e. The molecule has 1 aliphatic rings. The summed E-state index contributed by atoms with van der Waals surface area (Å²) >= 11 is 0. The molecule has 0 bridgehead atoms. The van der Waals surface area contributed by atoms with E-state index in [9.17, 15) is 22.8 Å². The van der Waals surface area contributed by atoms with Gasteiger partial charge in [0.25, 0.3) is 0 Å². The number of carbonyl (C=O) groups excluding carboxylic acids is 3. The normalized spacial score (nSPS) is 14.0. The molecule has 3 amide bonds. The van der Waals surface area contributed by atoms with Crippen LogP contribution < -0.4 is 15.5 Å². The van der Waals surface area contributed by atoms with E-state index in [1.165, 1.54) is 38.2 Å². The van der Waals surface area contributed by atoms with E-state index in [4.69, 9.17) is 0 Å². The van der Waals surface area contributed by atoms with Gasteiger partial charge in [-0.1, -0.05) is 12.1 Å². The van der Waals surface area contributed by atoms with Crippen LogP contribution in [-0.4, -0.2) is 57.1 Å². The maximum atomic E-state index is 12.6. The van der Waals surface area contributed by atoms with Gasteiger partial charge in [0.2, 0.25) is 15.9 Å². The molecular formula is C20H22N4O5S. The van der Waals surface area contributed by atoms with Crippen LogP contribution in [0, 0.1) is 0 Å². The number of carbonyl (C=O) groups is 3. The fourth-order valence-corrected chi connectivity index (χ4v) is 4.10. The number of anilines is 2. The van der Waals surface area contributed by atoms with E-state index in [2.05, 4.69) is 10.6 Å². The van der Waals surface area contributed by atoms with Gasteiger partial charge in [-0.05, 0) is 43.3 Å². The summed E-state index contributed by atoms with van der Waals surface area (Å²) in [5.74, 6) is -0.670. The lowest BCUT2D eigenvalue weighted by atomic mass is 10.2. The standard InChI is InChI=1S/C20H22N4O5S/c1-14(25)15-3-9-18(10-4-15)30(28,29)23(2)13-19(26)22-16-5-7-17(8-6-16)24-12-11-21-20(24)27/h3-10H,11-13H2,1-2H3,(H,21,27)(H,22,26). The van der Waals surface area contributed by atoms with Gasteiger partial charge in [-0.15, -0.1) is 0 Å². The molecule has 1 fully saturated rings. The lowest BCUT2D eigenvalue weighted by Crippen LogP contribution is -2.35. The number of Topliss-reactive ketones (excluding diaryl/α,β-unsaturated/α-hetero) is 1. The van der Waals surface area contributed by atoms with Gasteiger partial charge in [-0.3, -0.25) is 14.5 Å². The Kier molecular flexibility index (Phi) is 6.18. The molecule has 3 rings (SSSR count). The molecule has 0 saturated carbocycles. The number of nitrogens with one attached hydrogen (secondary N) is 2. The number of benzene rings is 2. The van der Waals surface area contributed by atoms with Gasteiger partial charge in [-0.2, -0.15) is 4.31 Å². The summed E-state index contributed by atoms with van der Waals surface area (Å²) in [6, 6.07) is 12.1. The highest BCUT2D eigenvalue weighted by molar-refractivity contribution is 7.89. The summed E-state index contributed by atoms with van der Waals surface area (Å²) < 4.78 is 26.2. The zero-order valence-electron chi connectivity index (χ0n) is 16.6. The predicted octanol–water partition coefficient (Wildman–Crippen LogP) is 1.68. The van der Waals surface area contributed by atoms with Crippen molar-refractivity contribution in [3.63, 3.8) is 0 Å². The van der Waals surface area contributed by atoms with E-state index in [1.807, 2.05) is 0 Å². The Labute approximate surface area is 174 Å². The maximum absolute atomic E-state index is 12.6. The molecular weight excluding hydrogens is 408 g/mol. The molecule has 0 radical (unpaired) electrons. The second-order valence-corrected chi connectivity index (χ2v) is 8.87. The second kappa shape index (κ2) is 8.64. The first-order valence-corrected chi connectivity index (χ1v) is 10.6. The third-order valence-electron chi connectivity index (χ3n) is 4.65. The van der Waals surface area contributed by atoms with Gasteiger partial charge in [0, 0.05) is 37.1 Å². The summed E-state index contributed by atoms with van der Waals surface area (Å²) in [6.45, 7) is 2.16. The second-order valence-electron chi connectivity index (χ2n) is 6.82. The molecule has 1 heterocycles. The van der Waals surface area contributed by atoms with Crippen LogP contribution in [0.15, 0.2) is 53.4 Å². The Bertz CT molecular complexity index is 1070. The summed E-state index contributed by atoms with van der Waals surface area (Å²) in [5.41, 5.74) is 1.60. The average molecular weight is 430 g/mol. The van der Waals surface area contributed by atoms with Gasteiger partial charge < -0.3 is 10.6 Å². The Morgan fingerprint density at radius 2 is 1.73 bits per heavy atom. The summed E-state index contributed by atoms with van der Waals surface area (Å²) in [6.07, 6.45) is 0. The molecule has 2 aromatic carbocycles. The molecule has 30 heavy (non-hydrogen) atoms. The number of nitrogens with zero attached hydrogens (tertiary/aromatic N) is 2. The minimum atomic E-state index is -3.88. The minimum Gasteiger partial charge on any atom is -0.336 e. The van der Waals surface area contributed by atoms with Crippen molar-refractivity contribution in [3.8, 4) is 0 Å². The molecule has 9 nitrogen and oxygen atoms in total. The third kappa shape index (κ3) is 4.66. The molecule has 1 saturated heterocycles. The van der Waals surface area contributed by atoms with Crippen LogP contribution >= 0.6 is 0 Å². The van der Waals surface area contributed by atoms with Crippen LogP contribution in [0.5, 0.6) is 0 Å². The van der Waals surface area contributed by atoms with E-state index >= 15 is 0 Å². The van der Waals surface area contributed by atoms with E-state index in [0.29, 0.717) is 30.0 Å². The summed E-state index contributed by atoms with van der Waals surface area (Å²) in [4.78, 5) is 36.9. The van der Waals surface area contributed by atoms with Crippen molar-refractivity contribution in [1.82, 2.24) is 9.62 Å². The third-order valence-corrected chi connectivity index (χ3v) is 6.47. The van der Waals surface area contributed by atoms with Crippen LogP contribution in [0.2, 0.25) is 0 Å². The van der Waals surface area contributed by atoms with Gasteiger partial charge in [0.05, 0.1) is 11.4 Å². The highest BCUT2D eigenvalue weighted by atomic mass is 32.2. The van der Waals surface area contributed by atoms with Gasteiger partial charge in [-0.25, -0.2) is 13.2 Å². The summed E-state index contributed by atoms with van der Waals surface area (Å²) in [7, 11) is -2.57. The van der Waals surface area contributed by atoms with Crippen molar-refractivity contribution < 1.29 is 22.8 Å². The quantitative estimate of drug-likeness (QED) is 0.649. The topological polar surface area (TPSA) is 116 Å². The lowest BCUT2D eigenvalue weighted by molar-refractivity contribution is -0.116. The zero-order chi connectivity index (χ0) is 21.9. The van der Waals surface area contributed by atoms with Crippen molar-refractivity contribution in [1.29, 1.82) is 0 Å². The molecule has 2 aromatic rings. The molecule has 158 valence electrons. The molecule has 10 heteroatoms. The van der Waals surface area contributed by atoms with Crippen LogP contribution in [-0.2, 0) is 14.8 Å². The SMILES string of the molecule is CC(=O)c1ccc(S(=O)(=O)N(C)CC(=O)Nc2ccc(N3CCNC3=O)cc2)cc1. The Morgan fingerprint density at radius 3 is 2.27 bits per heavy atom. The number of rotatable bonds is 7. The number of likely N-dealkylation sites (N-methyl/N-ethyl adjacent to an activating group) is 1. The number of hydrogen-bond donors (Lipinski definition) is 2. The van der Waals surface area contributed by atoms with Gasteiger partial charge >= 0.3 is 6.03 Å². The molecule has 0 unspecified atom stereocenters. The zero-order valence-corrected chi connectivity index (χ0v) is 17.4. The fourth-order valence-electron chi connectivity index (χ4n) is 2.97. The van der Waals surface area contributed by atoms with Crippen molar-refractivity contribution in [2.24, 2.45) is 0 Å². The van der Waals surface area contributed by atoms with Crippen molar-refractivity contribution in [2.75, 3.05) is 36.9 Å². The first kappa shape index (κ1) is 21.5. The monoisotopic (exact) mass is 430 g/mol. The number of ketones is 1. The van der Waals surface area contributed by atoms with Crippen LogP contribution in [0.25, 0.3) is 0 Å². The minimum absolute atomic E-state index is 0.00366. The summed E-state index contributed by atoms with van der Waals surface area (Å²) in [5, 5.41) is 5.35. The van der Waals surface area contributed by atoms with E-state index in [-0.39, 0.29) is 23.3 Å². The van der Waals surface area contributed by atoms with Crippen molar-refractivity contribution >= 4 is 39.1 Å². The van der Waals surface area contributed by atoms with E-state index < -0.39 is 15.9 Å². The van der Waals surface area contributed by atoms with Crippen LogP contribution in [0.1, 0.15) is 17.3 Å². The number of sulfonamides is 1. The molecule has 0 aliphatic carbocycles. The van der Waals surface area contributed by atoms with Gasteiger partial charge in [0.15, 0.2) is 5.78 Å². The van der Waals surface area contributed by atoms with Crippen molar-refractivity contribution in [3.05, 3.63) is 54.1 Å². The van der Waals surface area contributed by atoms with E-state index in [1.54, 1.807) is 29.2 Å². The molecule has 0 spiro atoms. The Morgan fingerprint density at radius 1 is 1.10 bits per heavy atom. The number of urea groups is 1. The van der Waals surface area contributed by atoms with Crippen LogP contribution in [0.3, 0.4) is 0 Å². The lowest BCUT2D eigenvalue weighted by Gasteiger charge is -2.18. The number of amides is 3. The maximum Gasteiger partial charge on any atom is 0.321 e. The van der Waals surface area contributed by atoms with Crippen LogP contribution in [0.4, 0.5) is 16.2 Å². The predicted molar refractivity (Wildman–Crippen MR) is 112 cm³/mol. The fraction of sp³-hybridized carbons (Fsp3) is 0.250. The first-order valence-electron chi connectivity index (χ1n) is 9.21. The molecule has 2 N–H and O–H groups in total.